The highest BCUT2D eigenvalue weighted by Crippen LogP contribution is 2.22. The number of benzene rings is 1. The van der Waals surface area contributed by atoms with Gasteiger partial charge in [0.15, 0.2) is 11.6 Å². The van der Waals surface area contributed by atoms with Crippen molar-refractivity contribution >= 4 is 17.5 Å². The van der Waals surface area contributed by atoms with Gasteiger partial charge in [-0.25, -0.2) is 8.78 Å². The predicted molar refractivity (Wildman–Crippen MR) is 72.3 cm³/mol. The van der Waals surface area contributed by atoms with Crippen LogP contribution < -0.4 is 16.6 Å². The van der Waals surface area contributed by atoms with Crippen molar-refractivity contribution in [2.24, 2.45) is 5.84 Å². The van der Waals surface area contributed by atoms with E-state index in [0.29, 0.717) is 19.5 Å². The zero-order valence-electron chi connectivity index (χ0n) is 11.5. The van der Waals surface area contributed by atoms with Crippen LogP contribution in [-0.2, 0) is 4.79 Å². The van der Waals surface area contributed by atoms with E-state index in [0.717, 1.165) is 12.1 Å². The van der Waals surface area contributed by atoms with Crippen LogP contribution in [0, 0.1) is 11.6 Å². The summed E-state index contributed by atoms with van der Waals surface area (Å²) in [5, 5.41) is 2.65. The van der Waals surface area contributed by atoms with E-state index in [4.69, 9.17) is 5.84 Å². The summed E-state index contributed by atoms with van der Waals surface area (Å²) < 4.78 is 27.3. The normalized spacial score (nSPS) is 18.4. The third kappa shape index (κ3) is 2.80. The molecule has 1 aromatic rings. The number of carbonyl (C=O) groups is 2. The van der Waals surface area contributed by atoms with Crippen LogP contribution in [0.25, 0.3) is 0 Å². The molecule has 2 amide bonds. The van der Waals surface area contributed by atoms with Gasteiger partial charge in [-0.2, -0.15) is 0 Å². The number of nitrogens with zero attached hydrogens (tertiary/aromatic N) is 1. The molecule has 1 heterocycles. The summed E-state index contributed by atoms with van der Waals surface area (Å²) >= 11 is 0. The van der Waals surface area contributed by atoms with E-state index < -0.39 is 29.3 Å². The Balaban J connectivity index is 2.33. The molecule has 0 bridgehead atoms. The van der Waals surface area contributed by atoms with Crippen molar-refractivity contribution in [3.05, 3.63) is 29.3 Å². The predicted octanol–water partition coefficient (Wildman–Crippen LogP) is 0.601. The highest BCUT2D eigenvalue weighted by Gasteiger charge is 2.32. The molecule has 1 atom stereocenters. The standard InChI is InChI=1S/C13H16F2N4O2/c1-2-10-12(20)17-3-4-19(10)13(21)7-5-8(14)11(18-16)9(15)6-7/h5-6,10,18H,2-4,16H2,1H3,(H,17,20). The summed E-state index contributed by atoms with van der Waals surface area (Å²) in [5.41, 5.74) is 1.24. The number of hydrogen-bond acceptors (Lipinski definition) is 4. The van der Waals surface area contributed by atoms with Crippen molar-refractivity contribution in [2.75, 3.05) is 18.5 Å². The monoisotopic (exact) mass is 298 g/mol. The van der Waals surface area contributed by atoms with Crippen LogP contribution in [0.1, 0.15) is 23.7 Å². The minimum atomic E-state index is -0.963. The molecule has 1 aromatic carbocycles. The quantitative estimate of drug-likeness (QED) is 0.563. The molecule has 2 rings (SSSR count). The second-order valence-electron chi connectivity index (χ2n) is 4.67. The molecule has 0 aliphatic carbocycles. The number of nitrogens with one attached hydrogen (secondary N) is 2. The van der Waals surface area contributed by atoms with Crippen molar-refractivity contribution in [1.29, 1.82) is 0 Å². The molecule has 1 aliphatic rings. The third-order valence-corrected chi connectivity index (χ3v) is 3.41. The molecule has 0 saturated carbocycles. The number of rotatable bonds is 3. The Kier molecular flexibility index (Phi) is 4.37. The second kappa shape index (κ2) is 6.04. The van der Waals surface area contributed by atoms with Crippen molar-refractivity contribution in [3.63, 3.8) is 0 Å². The molecular formula is C13H16F2N4O2. The van der Waals surface area contributed by atoms with Crippen molar-refractivity contribution in [3.8, 4) is 0 Å². The molecule has 1 saturated heterocycles. The van der Waals surface area contributed by atoms with Gasteiger partial charge in [0, 0.05) is 18.7 Å². The van der Waals surface area contributed by atoms with Gasteiger partial charge in [0.1, 0.15) is 11.7 Å². The van der Waals surface area contributed by atoms with E-state index in [2.05, 4.69) is 5.32 Å². The van der Waals surface area contributed by atoms with E-state index in [-0.39, 0.29) is 11.5 Å². The van der Waals surface area contributed by atoms with Crippen LogP contribution in [-0.4, -0.2) is 35.8 Å². The zero-order chi connectivity index (χ0) is 15.6. The molecule has 1 fully saturated rings. The molecule has 4 N–H and O–H groups in total. The van der Waals surface area contributed by atoms with Gasteiger partial charge in [0.25, 0.3) is 5.91 Å². The van der Waals surface area contributed by atoms with Crippen LogP contribution in [0.4, 0.5) is 14.5 Å². The van der Waals surface area contributed by atoms with Crippen LogP contribution in [0.2, 0.25) is 0 Å². The molecule has 1 unspecified atom stereocenters. The fraction of sp³-hybridized carbons (Fsp3) is 0.385. The molecule has 6 nitrogen and oxygen atoms in total. The average molecular weight is 298 g/mol. The summed E-state index contributed by atoms with van der Waals surface area (Å²) in [6, 6.07) is 1.17. The highest BCUT2D eigenvalue weighted by atomic mass is 19.1. The summed E-state index contributed by atoms with van der Waals surface area (Å²) in [6.07, 6.45) is 0.422. The molecule has 0 spiro atoms. The number of amides is 2. The molecule has 0 radical (unpaired) electrons. The first kappa shape index (κ1) is 15.2. The Morgan fingerprint density at radius 3 is 2.62 bits per heavy atom. The van der Waals surface area contributed by atoms with Crippen LogP contribution in [0.5, 0.6) is 0 Å². The van der Waals surface area contributed by atoms with E-state index >= 15 is 0 Å². The first-order valence-electron chi connectivity index (χ1n) is 6.54. The summed E-state index contributed by atoms with van der Waals surface area (Å²) in [7, 11) is 0. The zero-order valence-corrected chi connectivity index (χ0v) is 11.5. The van der Waals surface area contributed by atoms with Gasteiger partial charge >= 0.3 is 0 Å². The van der Waals surface area contributed by atoms with Gasteiger partial charge in [-0.3, -0.25) is 15.4 Å². The van der Waals surface area contributed by atoms with E-state index in [1.807, 2.05) is 5.43 Å². The first-order valence-corrected chi connectivity index (χ1v) is 6.54. The van der Waals surface area contributed by atoms with Gasteiger partial charge in [0.2, 0.25) is 5.91 Å². The lowest BCUT2D eigenvalue weighted by atomic mass is 10.1. The third-order valence-electron chi connectivity index (χ3n) is 3.41. The number of hydrazine groups is 1. The van der Waals surface area contributed by atoms with Crippen molar-refractivity contribution in [2.45, 2.75) is 19.4 Å². The minimum Gasteiger partial charge on any atom is -0.353 e. The largest absolute Gasteiger partial charge is 0.353 e. The van der Waals surface area contributed by atoms with Gasteiger partial charge in [-0.1, -0.05) is 6.92 Å². The Labute approximate surface area is 120 Å². The maximum absolute atomic E-state index is 13.7. The Hall–Kier alpha value is -2.22. The lowest BCUT2D eigenvalue weighted by molar-refractivity contribution is -0.127. The topological polar surface area (TPSA) is 87.5 Å². The van der Waals surface area contributed by atoms with Crippen molar-refractivity contribution < 1.29 is 18.4 Å². The highest BCUT2D eigenvalue weighted by molar-refractivity contribution is 5.98. The Morgan fingerprint density at radius 2 is 2.10 bits per heavy atom. The maximum atomic E-state index is 13.7. The summed E-state index contributed by atoms with van der Waals surface area (Å²) in [4.78, 5) is 25.4. The number of hydrogen-bond donors (Lipinski definition) is 3. The average Bonchev–Trinajstić information content (AvgIpc) is 2.45. The van der Waals surface area contributed by atoms with Crippen molar-refractivity contribution in [1.82, 2.24) is 10.2 Å². The minimum absolute atomic E-state index is 0.155. The summed E-state index contributed by atoms with van der Waals surface area (Å²) in [6.45, 7) is 2.37. The summed E-state index contributed by atoms with van der Waals surface area (Å²) in [5.74, 6) is 2.23. The second-order valence-corrected chi connectivity index (χ2v) is 4.67. The molecule has 21 heavy (non-hydrogen) atoms. The van der Waals surface area contributed by atoms with Gasteiger partial charge < -0.3 is 15.6 Å². The van der Waals surface area contributed by atoms with Gasteiger partial charge in [0.05, 0.1) is 0 Å². The van der Waals surface area contributed by atoms with E-state index in [1.165, 1.54) is 4.90 Å². The Morgan fingerprint density at radius 1 is 1.48 bits per heavy atom. The molecule has 8 heteroatoms. The number of nitrogens with two attached hydrogens (primary N) is 1. The van der Waals surface area contributed by atoms with Gasteiger partial charge in [-0.05, 0) is 18.6 Å². The fourth-order valence-corrected chi connectivity index (χ4v) is 2.36. The number of piperazine rings is 1. The smallest absolute Gasteiger partial charge is 0.254 e. The molecule has 114 valence electrons. The fourth-order valence-electron chi connectivity index (χ4n) is 2.36. The lowest BCUT2D eigenvalue weighted by Gasteiger charge is -2.34. The Bertz CT molecular complexity index is 556. The number of nitrogen functional groups attached to an aromatic ring is 1. The number of anilines is 1. The van der Waals surface area contributed by atoms with Crippen LogP contribution in [0.3, 0.4) is 0 Å². The van der Waals surface area contributed by atoms with Gasteiger partial charge in [-0.15, -0.1) is 0 Å². The van der Waals surface area contributed by atoms with Crippen LogP contribution in [0.15, 0.2) is 12.1 Å². The first-order chi connectivity index (χ1) is 9.99. The number of halogens is 2. The molecular weight excluding hydrogens is 282 g/mol. The maximum Gasteiger partial charge on any atom is 0.254 e. The molecule has 0 aromatic heterocycles. The van der Waals surface area contributed by atoms with Crippen LogP contribution >= 0.6 is 0 Å². The number of carbonyl (C=O) groups excluding carboxylic acids is 2. The van der Waals surface area contributed by atoms with E-state index in [9.17, 15) is 18.4 Å². The SMILES string of the molecule is CCC1C(=O)NCCN1C(=O)c1cc(F)c(NN)c(F)c1. The lowest BCUT2D eigenvalue weighted by Crippen LogP contribution is -2.56. The van der Waals surface area contributed by atoms with E-state index in [1.54, 1.807) is 6.92 Å². The molecule has 1 aliphatic heterocycles.